The van der Waals surface area contributed by atoms with Crippen LogP contribution in [0.1, 0.15) is 50.5 Å². The van der Waals surface area contributed by atoms with Gasteiger partial charge in [-0.1, -0.05) is 36.4 Å². The molecule has 0 aliphatic carbocycles. The molecule has 0 spiro atoms. The molecule has 1 aliphatic heterocycles. The quantitative estimate of drug-likeness (QED) is 0.105. The van der Waals surface area contributed by atoms with Crippen LogP contribution in [0.25, 0.3) is 0 Å². The second-order valence-electron chi connectivity index (χ2n) is 10.7. The first-order valence-corrected chi connectivity index (χ1v) is 15.1. The lowest BCUT2D eigenvalue weighted by Gasteiger charge is -2.29. The lowest BCUT2D eigenvalue weighted by atomic mass is 9.97. The average Bonchev–Trinajstić information content (AvgIpc) is 3.61. The summed E-state index contributed by atoms with van der Waals surface area (Å²) >= 11 is 1.51. The van der Waals surface area contributed by atoms with Crippen LogP contribution in [-0.2, 0) is 27.3 Å². The number of amides is 2. The minimum absolute atomic E-state index is 0.0200. The van der Waals surface area contributed by atoms with E-state index in [-0.39, 0.29) is 61.7 Å². The molecule has 2 amide bonds. The van der Waals surface area contributed by atoms with E-state index in [2.05, 4.69) is 28.2 Å². The van der Waals surface area contributed by atoms with Crippen LogP contribution in [-0.4, -0.2) is 73.2 Å². The Morgan fingerprint density at radius 3 is 2.60 bits per heavy atom. The fourth-order valence-corrected chi connectivity index (χ4v) is 6.44. The number of thiophene rings is 1. The van der Waals surface area contributed by atoms with Crippen molar-refractivity contribution in [1.82, 2.24) is 15.5 Å². The maximum Gasteiger partial charge on any atom is 0.245 e. The smallest absolute Gasteiger partial charge is 0.245 e. The lowest BCUT2D eigenvalue weighted by Crippen LogP contribution is -2.51. The third-order valence-corrected chi connectivity index (χ3v) is 8.75. The van der Waals surface area contributed by atoms with Crippen LogP contribution < -0.4 is 15.5 Å². The van der Waals surface area contributed by atoms with Gasteiger partial charge in [0, 0.05) is 62.6 Å². The predicted octanol–water partition coefficient (Wildman–Crippen LogP) is 3.66. The number of aldehydes is 1. The van der Waals surface area contributed by atoms with E-state index in [9.17, 15) is 24.3 Å². The third kappa shape index (κ3) is 7.97. The molecule has 43 heavy (non-hydrogen) atoms. The molecule has 3 N–H and O–H groups in total. The fraction of sp³-hybridized carbons (Fsp3) is 0.333. The maximum atomic E-state index is 14.1. The van der Waals surface area contributed by atoms with Crippen LogP contribution in [0.2, 0.25) is 0 Å². The van der Waals surface area contributed by atoms with E-state index in [1.807, 2.05) is 31.3 Å². The second kappa shape index (κ2) is 14.8. The van der Waals surface area contributed by atoms with E-state index in [4.69, 9.17) is 0 Å². The highest BCUT2D eigenvalue weighted by Crippen LogP contribution is 2.43. The Morgan fingerprint density at radius 1 is 1.16 bits per heavy atom. The number of phenols is 1. The van der Waals surface area contributed by atoms with Crippen LogP contribution >= 0.6 is 11.3 Å². The van der Waals surface area contributed by atoms with Crippen molar-refractivity contribution in [2.75, 3.05) is 38.1 Å². The number of hydrogen-bond donors (Lipinski definition) is 3. The normalized spacial score (nSPS) is 14.6. The number of carbonyl (C=O) groups excluding carboxylic acids is 4. The molecule has 9 nitrogen and oxygen atoms in total. The monoisotopic (exact) mass is 602 g/mol. The molecule has 2 aromatic carbocycles. The Kier molecular flexibility index (Phi) is 10.9. The number of phenolic OH excluding ortho intramolecular Hbond substituents is 1. The Labute approximate surface area is 256 Å². The third-order valence-electron chi connectivity index (χ3n) is 7.46. The van der Waals surface area contributed by atoms with Crippen LogP contribution in [0, 0.1) is 0 Å². The molecule has 1 aromatic heterocycles. The van der Waals surface area contributed by atoms with Gasteiger partial charge < -0.3 is 30.3 Å². The summed E-state index contributed by atoms with van der Waals surface area (Å²) in [6.07, 6.45) is 2.81. The molecular formula is C33H38N4O5S. The molecular weight excluding hydrogens is 564 g/mol. The Morgan fingerprint density at radius 2 is 1.93 bits per heavy atom. The van der Waals surface area contributed by atoms with Crippen LogP contribution in [0.15, 0.2) is 67.3 Å². The summed E-state index contributed by atoms with van der Waals surface area (Å²) < 4.78 is 0. The summed E-state index contributed by atoms with van der Waals surface area (Å²) in [6.45, 7) is 6.88. The van der Waals surface area contributed by atoms with Gasteiger partial charge in [-0.05, 0) is 47.9 Å². The van der Waals surface area contributed by atoms with Gasteiger partial charge in [-0.15, -0.1) is 17.9 Å². The molecule has 4 rings (SSSR count). The first-order chi connectivity index (χ1) is 20.7. The topological polar surface area (TPSA) is 119 Å². The molecule has 0 saturated heterocycles. The van der Waals surface area contributed by atoms with Crippen molar-refractivity contribution >= 4 is 40.9 Å². The number of anilines is 1. The summed E-state index contributed by atoms with van der Waals surface area (Å²) in [5.74, 6) is -0.380. The van der Waals surface area contributed by atoms with E-state index >= 15 is 0 Å². The molecule has 1 unspecified atom stereocenters. The van der Waals surface area contributed by atoms with Gasteiger partial charge in [0.05, 0.1) is 11.4 Å². The summed E-state index contributed by atoms with van der Waals surface area (Å²) in [7, 11) is 2.02. The molecule has 1 aliphatic rings. The molecule has 0 radical (unpaired) electrons. The minimum atomic E-state index is -0.882. The van der Waals surface area contributed by atoms with Crippen LogP contribution in [0.4, 0.5) is 5.69 Å². The van der Waals surface area contributed by atoms with Crippen LogP contribution in [0.5, 0.6) is 5.75 Å². The summed E-state index contributed by atoms with van der Waals surface area (Å²) in [5, 5.41) is 15.5. The van der Waals surface area contributed by atoms with E-state index in [0.29, 0.717) is 6.54 Å². The number of nitrogens with one attached hydrogen (secondary N) is 2. The fourth-order valence-electron chi connectivity index (χ4n) is 5.42. The van der Waals surface area contributed by atoms with Crippen molar-refractivity contribution in [2.24, 2.45) is 0 Å². The largest absolute Gasteiger partial charge is 0.508 e. The van der Waals surface area contributed by atoms with Gasteiger partial charge in [-0.3, -0.25) is 14.4 Å². The zero-order valence-electron chi connectivity index (χ0n) is 24.5. The molecule has 2 heterocycles. The Balaban J connectivity index is 1.62. The number of hydrogen-bond acceptors (Lipinski definition) is 8. The molecule has 0 fully saturated rings. The first-order valence-electron chi connectivity index (χ1n) is 14.3. The maximum absolute atomic E-state index is 14.1. The number of ketones is 1. The molecule has 0 bridgehead atoms. The number of aromatic hydroxyl groups is 1. The number of fused-ring (bicyclic) bond motifs is 1. The van der Waals surface area contributed by atoms with Gasteiger partial charge in [0.1, 0.15) is 18.1 Å². The average molecular weight is 603 g/mol. The second-order valence-corrected chi connectivity index (χ2v) is 11.8. The summed E-state index contributed by atoms with van der Waals surface area (Å²) in [6, 6.07) is 15.6. The van der Waals surface area contributed by atoms with Gasteiger partial charge in [0.2, 0.25) is 11.8 Å². The Bertz CT molecular complexity index is 1470. The Hall–Kier alpha value is -4.28. The molecule has 3 aromatic rings. The first kappa shape index (κ1) is 31.7. The van der Waals surface area contributed by atoms with Gasteiger partial charge in [0.15, 0.2) is 5.78 Å². The zero-order valence-corrected chi connectivity index (χ0v) is 25.4. The van der Waals surface area contributed by atoms with E-state index in [1.165, 1.54) is 11.3 Å². The number of carbonyl (C=O) groups is 4. The van der Waals surface area contributed by atoms with Crippen molar-refractivity contribution in [3.8, 4) is 5.75 Å². The zero-order chi connectivity index (χ0) is 30.9. The minimum Gasteiger partial charge on any atom is -0.508 e. The number of nitrogens with zero attached hydrogens (tertiary/aromatic N) is 2. The van der Waals surface area contributed by atoms with Crippen molar-refractivity contribution in [3.63, 3.8) is 0 Å². The van der Waals surface area contributed by atoms with Gasteiger partial charge in [-0.25, -0.2) is 0 Å². The van der Waals surface area contributed by atoms with E-state index < -0.39 is 6.04 Å². The van der Waals surface area contributed by atoms with E-state index in [1.54, 1.807) is 42.2 Å². The highest BCUT2D eigenvalue weighted by atomic mass is 32.1. The SMILES string of the molecule is C=CCNCC(=O)N[C@@H](Cc1ccc(O)cc1)C(=O)N(CCC=O)Cc1cccc2c1N(C)CC2c1ccc(C(C)=O)s1. The number of likely N-dealkylation sites (N-methyl/N-ethyl adjacent to an activating group) is 1. The van der Waals surface area contributed by atoms with Crippen molar-refractivity contribution < 1.29 is 24.3 Å². The van der Waals surface area contributed by atoms with Crippen molar-refractivity contribution in [3.05, 3.63) is 93.7 Å². The number of Topliss-reactive ketones (excluding diaryl/α,β-unsaturated/α-hetero) is 1. The summed E-state index contributed by atoms with van der Waals surface area (Å²) in [4.78, 5) is 55.9. The van der Waals surface area contributed by atoms with Gasteiger partial charge in [0.25, 0.3) is 0 Å². The highest BCUT2D eigenvalue weighted by molar-refractivity contribution is 7.14. The standard InChI is InChI=1S/C33H38N4O5S/c1-4-15-34-19-31(41)35-28(18-23-9-11-25(40)12-10-23)33(42)37(16-6-17-38)20-24-7-5-8-26-27(21-36(3)32(24)26)30-14-13-29(43-30)22(2)39/h4-5,7-14,17,27-28,34,40H,1,6,15-16,18-21H2,2-3H3,(H,35,41)/t27?,28-/m0/s1. The number of benzene rings is 2. The van der Waals surface area contributed by atoms with Crippen molar-refractivity contribution in [2.45, 2.75) is 38.3 Å². The molecule has 0 saturated carbocycles. The number of para-hydroxylation sites is 1. The lowest BCUT2D eigenvalue weighted by molar-refractivity contribution is -0.137. The molecule has 226 valence electrons. The van der Waals surface area contributed by atoms with Crippen molar-refractivity contribution in [1.29, 1.82) is 0 Å². The molecule has 10 heteroatoms. The van der Waals surface area contributed by atoms with Gasteiger partial charge in [-0.2, -0.15) is 0 Å². The van der Waals surface area contributed by atoms with Gasteiger partial charge >= 0.3 is 0 Å². The summed E-state index contributed by atoms with van der Waals surface area (Å²) in [5.41, 5.74) is 3.87. The number of rotatable bonds is 15. The molecule has 2 atom stereocenters. The highest BCUT2D eigenvalue weighted by Gasteiger charge is 2.33. The van der Waals surface area contributed by atoms with E-state index in [0.717, 1.165) is 45.0 Å². The van der Waals surface area contributed by atoms with Crippen LogP contribution in [0.3, 0.4) is 0 Å². The predicted molar refractivity (Wildman–Crippen MR) is 169 cm³/mol.